The molecule has 0 spiro atoms. The fourth-order valence-corrected chi connectivity index (χ4v) is 3.63. The highest BCUT2D eigenvalue weighted by Gasteiger charge is 2.21. The van der Waals surface area contributed by atoms with E-state index >= 15 is 0 Å². The van der Waals surface area contributed by atoms with Crippen molar-refractivity contribution in [2.45, 2.75) is 26.2 Å². The molecule has 0 fully saturated rings. The van der Waals surface area contributed by atoms with E-state index in [1.165, 1.54) is 32.5 Å². The third kappa shape index (κ3) is 1.61. The molecule has 0 amide bonds. The van der Waals surface area contributed by atoms with Gasteiger partial charge in [-0.1, -0.05) is 39.0 Å². The lowest BCUT2D eigenvalue weighted by Gasteiger charge is -2.20. The lowest BCUT2D eigenvalue weighted by molar-refractivity contribution is 0.588. The summed E-state index contributed by atoms with van der Waals surface area (Å²) in [5, 5.41) is 6.04. The molecule has 0 radical (unpaired) electrons. The van der Waals surface area contributed by atoms with Gasteiger partial charge in [0.25, 0.3) is 0 Å². The average molecular weight is 299 g/mol. The van der Waals surface area contributed by atoms with Crippen LogP contribution in [0.25, 0.3) is 43.6 Å². The van der Waals surface area contributed by atoms with Gasteiger partial charge in [-0.25, -0.2) is 0 Å². The zero-order valence-corrected chi connectivity index (χ0v) is 13.5. The van der Waals surface area contributed by atoms with Crippen molar-refractivity contribution in [2.75, 3.05) is 0 Å². The number of benzene rings is 3. The van der Waals surface area contributed by atoms with Gasteiger partial charge < -0.3 is 4.42 Å². The number of furan rings is 1. The van der Waals surface area contributed by atoms with E-state index in [0.717, 1.165) is 16.7 Å². The molecule has 2 nitrogen and oxygen atoms in total. The predicted molar refractivity (Wildman–Crippen MR) is 96.4 cm³/mol. The van der Waals surface area contributed by atoms with Crippen molar-refractivity contribution in [1.29, 1.82) is 0 Å². The Morgan fingerprint density at radius 3 is 2.43 bits per heavy atom. The van der Waals surface area contributed by atoms with Crippen LogP contribution in [0.2, 0.25) is 0 Å². The van der Waals surface area contributed by atoms with Crippen molar-refractivity contribution in [3.05, 3.63) is 54.2 Å². The Balaban J connectivity index is 2.16. The molecule has 0 atom stereocenters. The first-order valence-electron chi connectivity index (χ1n) is 7.99. The average Bonchev–Trinajstić information content (AvgIpc) is 2.91. The first-order chi connectivity index (χ1) is 11.0. The molecule has 5 aromatic rings. The molecule has 2 heterocycles. The molecule has 0 unspecified atom stereocenters. The maximum atomic E-state index is 6.19. The number of rotatable bonds is 0. The molecule has 0 N–H and O–H groups in total. The Hall–Kier alpha value is -2.61. The van der Waals surface area contributed by atoms with Gasteiger partial charge in [-0.05, 0) is 40.6 Å². The number of hydrogen-bond acceptors (Lipinski definition) is 2. The van der Waals surface area contributed by atoms with Crippen LogP contribution in [0.3, 0.4) is 0 Å². The number of fused-ring (bicyclic) bond motifs is 3. The van der Waals surface area contributed by atoms with E-state index in [0.29, 0.717) is 0 Å². The quantitative estimate of drug-likeness (QED) is 0.327. The molecule has 5 rings (SSSR count). The largest absolute Gasteiger partial charge is 0.456 e. The Kier molecular flexibility index (Phi) is 2.25. The molecule has 0 saturated carbocycles. The van der Waals surface area contributed by atoms with Gasteiger partial charge in [-0.15, -0.1) is 0 Å². The van der Waals surface area contributed by atoms with E-state index in [-0.39, 0.29) is 5.41 Å². The second-order valence-electron chi connectivity index (χ2n) is 7.33. The summed E-state index contributed by atoms with van der Waals surface area (Å²) in [5.74, 6) is 0. The molecular weight excluding hydrogens is 282 g/mol. The van der Waals surface area contributed by atoms with Crippen LogP contribution < -0.4 is 0 Å². The molecule has 2 aromatic heterocycles. The van der Waals surface area contributed by atoms with Crippen LogP contribution in [-0.2, 0) is 5.41 Å². The summed E-state index contributed by atoms with van der Waals surface area (Å²) in [6.45, 7) is 6.71. The lowest BCUT2D eigenvalue weighted by Crippen LogP contribution is -2.10. The standard InChI is InChI=1S/C21H17NO/c1-21(2,3)12-10-15-13-7-5-9-22-20(13)14-6-4-8-16-18(14)19(15)17(11-12)23-16/h4-11H,1-3H3. The van der Waals surface area contributed by atoms with Crippen LogP contribution >= 0.6 is 0 Å². The van der Waals surface area contributed by atoms with E-state index in [9.17, 15) is 0 Å². The summed E-state index contributed by atoms with van der Waals surface area (Å²) < 4.78 is 6.19. The number of aromatic nitrogens is 1. The molecule has 0 saturated heterocycles. The topological polar surface area (TPSA) is 26.0 Å². The number of hydrogen-bond donors (Lipinski definition) is 0. The van der Waals surface area contributed by atoms with Crippen LogP contribution in [-0.4, -0.2) is 4.98 Å². The van der Waals surface area contributed by atoms with Crippen molar-refractivity contribution in [3.63, 3.8) is 0 Å². The fourth-order valence-electron chi connectivity index (χ4n) is 3.63. The van der Waals surface area contributed by atoms with Gasteiger partial charge >= 0.3 is 0 Å². The van der Waals surface area contributed by atoms with Crippen molar-refractivity contribution >= 4 is 43.6 Å². The minimum Gasteiger partial charge on any atom is -0.456 e. The van der Waals surface area contributed by atoms with Crippen LogP contribution in [0.15, 0.2) is 53.1 Å². The molecule has 3 aromatic carbocycles. The van der Waals surface area contributed by atoms with Crippen LogP contribution in [0.1, 0.15) is 26.3 Å². The van der Waals surface area contributed by atoms with E-state index < -0.39 is 0 Å². The van der Waals surface area contributed by atoms with Gasteiger partial charge in [0.2, 0.25) is 0 Å². The smallest absolute Gasteiger partial charge is 0.136 e. The normalized spacial score (nSPS) is 13.0. The maximum Gasteiger partial charge on any atom is 0.136 e. The first kappa shape index (κ1) is 12.9. The van der Waals surface area contributed by atoms with Crippen LogP contribution in [0, 0.1) is 0 Å². The summed E-state index contributed by atoms with van der Waals surface area (Å²) in [6.07, 6.45) is 1.87. The minimum absolute atomic E-state index is 0.0757. The van der Waals surface area contributed by atoms with Crippen molar-refractivity contribution in [2.24, 2.45) is 0 Å². The molecule has 0 aliphatic rings. The second kappa shape index (κ2) is 4.02. The Labute approximate surface area is 134 Å². The Bertz CT molecular complexity index is 1190. The van der Waals surface area contributed by atoms with Gasteiger partial charge in [0, 0.05) is 27.7 Å². The monoisotopic (exact) mass is 299 g/mol. The highest BCUT2D eigenvalue weighted by Crippen LogP contribution is 2.43. The highest BCUT2D eigenvalue weighted by molar-refractivity contribution is 6.32. The summed E-state index contributed by atoms with van der Waals surface area (Å²) in [6, 6.07) is 14.9. The zero-order valence-electron chi connectivity index (χ0n) is 13.5. The Morgan fingerprint density at radius 1 is 0.826 bits per heavy atom. The highest BCUT2D eigenvalue weighted by atomic mass is 16.3. The van der Waals surface area contributed by atoms with E-state index in [4.69, 9.17) is 4.42 Å². The molecule has 0 bridgehead atoms. The zero-order chi connectivity index (χ0) is 15.8. The SMILES string of the molecule is CC(C)(C)c1cc2oc3cccc4c5ncccc5c(c1)c2c34. The van der Waals surface area contributed by atoms with Gasteiger partial charge in [-0.3, -0.25) is 4.98 Å². The third-order valence-corrected chi connectivity index (χ3v) is 4.82. The molecule has 0 aliphatic carbocycles. The molecule has 112 valence electrons. The van der Waals surface area contributed by atoms with E-state index in [1.54, 1.807) is 0 Å². The van der Waals surface area contributed by atoms with Crippen LogP contribution in [0.4, 0.5) is 0 Å². The first-order valence-corrected chi connectivity index (χ1v) is 7.99. The summed E-state index contributed by atoms with van der Waals surface area (Å²) in [7, 11) is 0. The van der Waals surface area contributed by atoms with Gasteiger partial charge in [0.15, 0.2) is 0 Å². The summed E-state index contributed by atoms with van der Waals surface area (Å²) in [5.41, 5.74) is 4.34. The van der Waals surface area contributed by atoms with Crippen molar-refractivity contribution < 1.29 is 4.42 Å². The lowest BCUT2D eigenvalue weighted by atomic mass is 9.84. The summed E-state index contributed by atoms with van der Waals surface area (Å²) in [4.78, 5) is 4.66. The summed E-state index contributed by atoms with van der Waals surface area (Å²) >= 11 is 0. The fraction of sp³-hybridized carbons (Fsp3) is 0.190. The second-order valence-corrected chi connectivity index (χ2v) is 7.33. The maximum absolute atomic E-state index is 6.19. The number of pyridine rings is 1. The Morgan fingerprint density at radius 2 is 1.61 bits per heavy atom. The number of nitrogens with zero attached hydrogens (tertiary/aromatic N) is 1. The van der Waals surface area contributed by atoms with Crippen LogP contribution in [0.5, 0.6) is 0 Å². The minimum atomic E-state index is 0.0757. The van der Waals surface area contributed by atoms with E-state index in [2.05, 4.69) is 50.0 Å². The molecule has 23 heavy (non-hydrogen) atoms. The van der Waals surface area contributed by atoms with E-state index in [1.807, 2.05) is 24.4 Å². The van der Waals surface area contributed by atoms with Gasteiger partial charge in [-0.2, -0.15) is 0 Å². The third-order valence-electron chi connectivity index (χ3n) is 4.82. The van der Waals surface area contributed by atoms with Gasteiger partial charge in [0.1, 0.15) is 11.2 Å². The molecule has 2 heteroatoms. The predicted octanol–water partition coefficient (Wildman–Crippen LogP) is 6.02. The van der Waals surface area contributed by atoms with Crippen molar-refractivity contribution in [1.82, 2.24) is 4.98 Å². The molecule has 0 aliphatic heterocycles. The van der Waals surface area contributed by atoms with Gasteiger partial charge in [0.05, 0.1) is 5.52 Å². The van der Waals surface area contributed by atoms with Crippen molar-refractivity contribution in [3.8, 4) is 0 Å². The molecular formula is C21H17NO.